The van der Waals surface area contributed by atoms with Crippen LogP contribution < -0.4 is 16.4 Å². The number of piperidine rings is 1. The van der Waals surface area contributed by atoms with Crippen LogP contribution in [0.1, 0.15) is 24.0 Å². The number of fused-ring (bicyclic) bond motifs is 2. The number of likely N-dealkylation sites (tertiary alicyclic amines) is 1. The predicted molar refractivity (Wildman–Crippen MR) is 104 cm³/mol. The van der Waals surface area contributed by atoms with Crippen LogP contribution in [-0.2, 0) is 12.0 Å². The molecule has 26 heavy (non-hydrogen) atoms. The molecule has 1 spiro atoms. The van der Waals surface area contributed by atoms with Gasteiger partial charge < -0.3 is 21.3 Å². The van der Waals surface area contributed by atoms with Crippen LogP contribution in [0.15, 0.2) is 54.6 Å². The maximum absolute atomic E-state index is 12.1. The highest BCUT2D eigenvalue weighted by Gasteiger charge is 2.41. The number of nitrogens with zero attached hydrogens (tertiary/aromatic N) is 1. The number of carbonyl (C=O) groups excluding carboxylic acids is 1. The van der Waals surface area contributed by atoms with Gasteiger partial charge in [0.2, 0.25) is 0 Å². The first-order valence-corrected chi connectivity index (χ1v) is 9.35. The summed E-state index contributed by atoms with van der Waals surface area (Å²) < 4.78 is 0. The molecule has 5 nitrogen and oxygen atoms in total. The minimum atomic E-state index is -0.251. The lowest BCUT2D eigenvalue weighted by atomic mass is 9.79. The second kappa shape index (κ2) is 7.09. The number of amides is 2. The Balaban J connectivity index is 1.39. The summed E-state index contributed by atoms with van der Waals surface area (Å²) in [5.74, 6) is 0. The lowest BCUT2D eigenvalue weighted by molar-refractivity contribution is 0.132. The minimum Gasteiger partial charge on any atom is -0.328 e. The van der Waals surface area contributed by atoms with Gasteiger partial charge in [0.05, 0.1) is 5.54 Å². The van der Waals surface area contributed by atoms with Crippen molar-refractivity contribution >= 4 is 11.7 Å². The maximum atomic E-state index is 12.1. The van der Waals surface area contributed by atoms with Crippen molar-refractivity contribution in [1.29, 1.82) is 0 Å². The van der Waals surface area contributed by atoms with Crippen LogP contribution in [0.5, 0.6) is 0 Å². The van der Waals surface area contributed by atoms with Crippen LogP contribution >= 0.6 is 0 Å². The smallest absolute Gasteiger partial charge is 0.319 e. The topological polar surface area (TPSA) is 70.4 Å². The summed E-state index contributed by atoms with van der Waals surface area (Å²) in [7, 11) is 0. The standard InChI is InChI=1S/C21H26N4O/c22-17(14-16-6-2-1-3-7-16)15-25-12-10-21(11-13-25)18-8-4-5-9-19(18)23-20(26)24-21/h1-9,17H,10-15,22H2,(H2,23,24,26)/t17-/m0/s1. The van der Waals surface area contributed by atoms with Crippen molar-refractivity contribution in [2.24, 2.45) is 5.73 Å². The monoisotopic (exact) mass is 350 g/mol. The SMILES string of the molecule is N[C@@H](Cc1ccccc1)CN1CCC2(CC1)NC(=O)Nc1ccccc12. The van der Waals surface area contributed by atoms with E-state index in [0.717, 1.165) is 44.6 Å². The number of hydrogen-bond donors (Lipinski definition) is 3. The molecule has 2 amide bonds. The van der Waals surface area contributed by atoms with Crippen molar-refractivity contribution in [2.45, 2.75) is 30.8 Å². The van der Waals surface area contributed by atoms with Gasteiger partial charge in [-0.05, 0) is 30.9 Å². The van der Waals surface area contributed by atoms with Crippen molar-refractivity contribution in [1.82, 2.24) is 10.2 Å². The third kappa shape index (κ3) is 3.45. The highest BCUT2D eigenvalue weighted by molar-refractivity contribution is 5.93. The lowest BCUT2D eigenvalue weighted by Crippen LogP contribution is -2.57. The van der Waals surface area contributed by atoms with E-state index in [0.29, 0.717) is 0 Å². The van der Waals surface area contributed by atoms with Gasteiger partial charge in [-0.3, -0.25) is 0 Å². The Bertz CT molecular complexity index is 769. The normalized spacial score (nSPS) is 20.1. The van der Waals surface area contributed by atoms with Crippen molar-refractivity contribution in [3.8, 4) is 0 Å². The summed E-state index contributed by atoms with van der Waals surface area (Å²) in [5.41, 5.74) is 9.56. The molecule has 0 saturated carbocycles. The number of nitrogens with one attached hydrogen (secondary N) is 2. The zero-order valence-electron chi connectivity index (χ0n) is 14.9. The van der Waals surface area contributed by atoms with Crippen molar-refractivity contribution < 1.29 is 4.79 Å². The quantitative estimate of drug-likeness (QED) is 0.794. The van der Waals surface area contributed by atoms with Gasteiger partial charge in [0, 0.05) is 36.9 Å². The van der Waals surface area contributed by atoms with E-state index in [4.69, 9.17) is 5.73 Å². The Morgan fingerprint density at radius 3 is 2.50 bits per heavy atom. The molecule has 2 aliphatic rings. The van der Waals surface area contributed by atoms with Crippen LogP contribution in [0, 0.1) is 0 Å². The van der Waals surface area contributed by atoms with Gasteiger partial charge in [-0.1, -0.05) is 48.5 Å². The van der Waals surface area contributed by atoms with Crippen molar-refractivity contribution in [3.05, 3.63) is 65.7 Å². The number of nitrogens with two attached hydrogens (primary N) is 1. The van der Waals surface area contributed by atoms with E-state index >= 15 is 0 Å². The Kier molecular flexibility index (Phi) is 4.66. The zero-order chi connectivity index (χ0) is 18.0. The van der Waals surface area contributed by atoms with Crippen LogP contribution in [0.25, 0.3) is 0 Å². The summed E-state index contributed by atoms with van der Waals surface area (Å²) in [4.78, 5) is 14.5. The van der Waals surface area contributed by atoms with E-state index in [-0.39, 0.29) is 17.6 Å². The number of carbonyl (C=O) groups is 1. The molecular weight excluding hydrogens is 324 g/mol. The highest BCUT2D eigenvalue weighted by atomic mass is 16.2. The largest absolute Gasteiger partial charge is 0.328 e. The fourth-order valence-corrected chi connectivity index (χ4v) is 4.27. The average Bonchev–Trinajstić information content (AvgIpc) is 2.64. The van der Waals surface area contributed by atoms with Gasteiger partial charge in [0.25, 0.3) is 0 Å². The number of hydrogen-bond acceptors (Lipinski definition) is 3. The number of benzene rings is 2. The summed E-state index contributed by atoms with van der Waals surface area (Å²) in [6, 6.07) is 18.6. The number of urea groups is 1. The summed E-state index contributed by atoms with van der Waals surface area (Å²) in [5, 5.41) is 6.11. The molecule has 2 heterocycles. The van der Waals surface area contributed by atoms with E-state index in [2.05, 4.69) is 45.9 Å². The highest BCUT2D eigenvalue weighted by Crippen LogP contribution is 2.39. The summed E-state index contributed by atoms with van der Waals surface area (Å²) in [6.45, 7) is 2.77. The molecule has 0 aromatic heterocycles. The molecule has 2 aromatic rings. The molecule has 4 N–H and O–H groups in total. The molecule has 136 valence electrons. The first-order valence-electron chi connectivity index (χ1n) is 9.35. The second-order valence-corrected chi connectivity index (χ2v) is 7.46. The molecule has 1 fully saturated rings. The Morgan fingerprint density at radius 1 is 1.04 bits per heavy atom. The Morgan fingerprint density at radius 2 is 1.73 bits per heavy atom. The molecule has 1 atom stereocenters. The molecule has 4 rings (SSSR count). The van der Waals surface area contributed by atoms with Crippen LogP contribution in [-0.4, -0.2) is 36.6 Å². The number of anilines is 1. The van der Waals surface area contributed by atoms with Crippen molar-refractivity contribution in [3.63, 3.8) is 0 Å². The first kappa shape index (κ1) is 17.1. The van der Waals surface area contributed by atoms with Gasteiger partial charge >= 0.3 is 6.03 Å². The third-order valence-electron chi connectivity index (χ3n) is 5.59. The van der Waals surface area contributed by atoms with Crippen LogP contribution in [0.4, 0.5) is 10.5 Å². The molecule has 2 aromatic carbocycles. The lowest BCUT2D eigenvalue weighted by Gasteiger charge is -2.46. The minimum absolute atomic E-state index is 0.0991. The maximum Gasteiger partial charge on any atom is 0.319 e. The Labute approximate surface area is 154 Å². The van der Waals surface area contributed by atoms with Gasteiger partial charge in [-0.15, -0.1) is 0 Å². The fourth-order valence-electron chi connectivity index (χ4n) is 4.27. The van der Waals surface area contributed by atoms with E-state index in [1.165, 1.54) is 11.1 Å². The van der Waals surface area contributed by atoms with Crippen molar-refractivity contribution in [2.75, 3.05) is 25.0 Å². The van der Waals surface area contributed by atoms with E-state index in [1.54, 1.807) is 0 Å². The average molecular weight is 350 g/mol. The molecule has 0 radical (unpaired) electrons. The zero-order valence-corrected chi connectivity index (χ0v) is 14.9. The fraction of sp³-hybridized carbons (Fsp3) is 0.381. The van der Waals surface area contributed by atoms with E-state index in [1.807, 2.05) is 24.3 Å². The van der Waals surface area contributed by atoms with Gasteiger partial charge in [0.15, 0.2) is 0 Å². The molecular formula is C21H26N4O. The van der Waals surface area contributed by atoms with Crippen LogP contribution in [0.2, 0.25) is 0 Å². The predicted octanol–water partition coefficient (Wildman–Crippen LogP) is 2.68. The summed E-state index contributed by atoms with van der Waals surface area (Å²) in [6.07, 6.45) is 2.72. The molecule has 1 saturated heterocycles. The molecule has 0 bridgehead atoms. The number of para-hydroxylation sites is 1. The second-order valence-electron chi connectivity index (χ2n) is 7.46. The third-order valence-corrected chi connectivity index (χ3v) is 5.59. The molecule has 0 unspecified atom stereocenters. The van der Waals surface area contributed by atoms with Gasteiger partial charge in [-0.25, -0.2) is 4.79 Å². The molecule has 0 aliphatic carbocycles. The Hall–Kier alpha value is -2.37. The van der Waals surface area contributed by atoms with Gasteiger partial charge in [0.1, 0.15) is 0 Å². The van der Waals surface area contributed by atoms with Crippen LogP contribution in [0.3, 0.4) is 0 Å². The van der Waals surface area contributed by atoms with E-state index < -0.39 is 0 Å². The molecule has 2 aliphatic heterocycles. The first-order chi connectivity index (χ1) is 12.6. The summed E-state index contributed by atoms with van der Waals surface area (Å²) >= 11 is 0. The van der Waals surface area contributed by atoms with Gasteiger partial charge in [-0.2, -0.15) is 0 Å². The van der Waals surface area contributed by atoms with E-state index in [9.17, 15) is 4.79 Å². The molecule has 5 heteroatoms. The number of rotatable bonds is 4.